The molecule has 25 heavy (non-hydrogen) atoms. The predicted octanol–water partition coefficient (Wildman–Crippen LogP) is 1.83. The first-order chi connectivity index (χ1) is 12.1. The van der Waals surface area contributed by atoms with E-state index in [2.05, 4.69) is 16.0 Å². The van der Waals surface area contributed by atoms with Crippen molar-refractivity contribution in [2.24, 2.45) is 13.0 Å². The number of fused-ring (bicyclic) bond motifs is 2. The summed E-state index contributed by atoms with van der Waals surface area (Å²) in [7, 11) is 1.71. The fraction of sp³-hybridized carbons (Fsp3) is 0.368. The fourth-order valence-electron chi connectivity index (χ4n) is 4.62. The number of ketones is 1. The quantitative estimate of drug-likeness (QED) is 0.837. The minimum absolute atomic E-state index is 0.0920. The lowest BCUT2D eigenvalue weighted by Gasteiger charge is -2.45. The number of pyridine rings is 1. The largest absolute Gasteiger partial charge is 0.318 e. The van der Waals surface area contributed by atoms with Crippen molar-refractivity contribution in [2.75, 3.05) is 0 Å². The molecular weight excluding hydrogens is 316 g/mol. The summed E-state index contributed by atoms with van der Waals surface area (Å²) in [6.07, 6.45) is 8.45. The summed E-state index contributed by atoms with van der Waals surface area (Å²) in [6.45, 7) is 0. The number of carbonyl (C=O) groups is 1. The molecule has 0 radical (unpaired) electrons. The van der Waals surface area contributed by atoms with Gasteiger partial charge in [-0.2, -0.15) is 0 Å². The number of aromatic nitrogens is 1. The Kier molecular flexibility index (Phi) is 2.92. The monoisotopic (exact) mass is 336 g/mol. The van der Waals surface area contributed by atoms with Gasteiger partial charge in [0, 0.05) is 30.4 Å². The second kappa shape index (κ2) is 4.95. The number of carbonyl (C=O) groups excluding carboxylic acids is 1. The van der Waals surface area contributed by atoms with Crippen LogP contribution in [0.1, 0.15) is 36.0 Å². The highest BCUT2D eigenvalue weighted by molar-refractivity contribution is 6.15. The van der Waals surface area contributed by atoms with E-state index < -0.39 is 0 Å². The van der Waals surface area contributed by atoms with Crippen LogP contribution in [0.4, 0.5) is 0 Å². The highest BCUT2D eigenvalue weighted by Gasteiger charge is 2.54. The average Bonchev–Trinajstić information content (AvgIpc) is 3.31. The van der Waals surface area contributed by atoms with Crippen LogP contribution in [0.2, 0.25) is 0 Å². The molecule has 6 nitrogen and oxygen atoms in total. The van der Waals surface area contributed by atoms with Gasteiger partial charge in [-0.15, -0.1) is 5.53 Å². The molecule has 0 spiro atoms. The summed E-state index contributed by atoms with van der Waals surface area (Å²) < 4.78 is 1.53. The van der Waals surface area contributed by atoms with Gasteiger partial charge in [-0.3, -0.25) is 20.0 Å². The lowest BCUT2D eigenvalue weighted by Crippen LogP contribution is -2.55. The molecule has 6 heteroatoms. The normalized spacial score (nSPS) is 27.2. The number of nitrogens with zero attached hydrogens (tertiary/aromatic N) is 2. The molecule has 3 fully saturated rings. The van der Waals surface area contributed by atoms with Gasteiger partial charge in [-0.1, -0.05) is 12.1 Å². The van der Waals surface area contributed by atoms with Crippen LogP contribution < -0.4 is 16.5 Å². The van der Waals surface area contributed by atoms with Crippen molar-refractivity contribution in [3.8, 4) is 0 Å². The molecule has 6 rings (SSSR count). The van der Waals surface area contributed by atoms with Crippen LogP contribution in [0, 0.1) is 5.92 Å². The summed E-state index contributed by atoms with van der Waals surface area (Å²) in [4.78, 5) is 25.3. The summed E-state index contributed by atoms with van der Waals surface area (Å²) in [5.74, 6) is 0.753. The first-order valence-electron chi connectivity index (χ1n) is 8.73. The second-order valence-electron chi connectivity index (χ2n) is 7.51. The van der Waals surface area contributed by atoms with Crippen molar-refractivity contribution in [1.29, 1.82) is 0 Å². The number of benzene rings is 1. The molecule has 3 saturated carbocycles. The second-order valence-corrected chi connectivity index (χ2v) is 7.51. The Hall–Kier alpha value is -2.60. The molecule has 2 N–H and O–H groups in total. The van der Waals surface area contributed by atoms with E-state index in [-0.39, 0.29) is 16.9 Å². The topological polar surface area (TPSA) is 66.4 Å². The molecule has 3 aliphatic carbocycles. The van der Waals surface area contributed by atoms with E-state index in [0.717, 1.165) is 5.92 Å². The fourth-order valence-corrected chi connectivity index (χ4v) is 4.62. The SMILES string of the molecule is Cn1ccc2c(C(=O)C3=CN(C45CCC(C4)C5)NN3)cccc2c1=O. The van der Waals surface area contributed by atoms with Crippen molar-refractivity contribution < 1.29 is 4.79 Å². The molecule has 1 aromatic heterocycles. The van der Waals surface area contributed by atoms with Crippen molar-refractivity contribution in [3.05, 3.63) is 58.3 Å². The Morgan fingerprint density at radius 3 is 2.84 bits per heavy atom. The molecule has 0 amide bonds. The molecular formula is C19H20N4O2. The molecule has 1 aromatic carbocycles. The molecule has 128 valence electrons. The van der Waals surface area contributed by atoms with Gasteiger partial charge in [0.1, 0.15) is 5.70 Å². The van der Waals surface area contributed by atoms with E-state index in [9.17, 15) is 9.59 Å². The summed E-state index contributed by atoms with van der Waals surface area (Å²) in [5.41, 5.74) is 7.33. The molecule has 4 aliphatic rings. The lowest BCUT2D eigenvalue weighted by molar-refractivity contribution is 0.0281. The van der Waals surface area contributed by atoms with Crippen LogP contribution >= 0.6 is 0 Å². The number of rotatable bonds is 3. The Labute approximate surface area is 145 Å². The smallest absolute Gasteiger partial charge is 0.258 e. The van der Waals surface area contributed by atoms with E-state index in [4.69, 9.17) is 0 Å². The predicted molar refractivity (Wildman–Crippen MR) is 94.4 cm³/mol. The van der Waals surface area contributed by atoms with Gasteiger partial charge in [0.2, 0.25) is 5.78 Å². The third-order valence-corrected chi connectivity index (χ3v) is 6.05. The number of nitrogens with one attached hydrogen (secondary N) is 2. The highest BCUT2D eigenvalue weighted by Crippen LogP contribution is 2.55. The zero-order valence-corrected chi connectivity index (χ0v) is 14.1. The Bertz CT molecular complexity index is 979. The third-order valence-electron chi connectivity index (χ3n) is 6.05. The van der Waals surface area contributed by atoms with E-state index in [0.29, 0.717) is 22.0 Å². The number of allylic oxidation sites excluding steroid dienone is 1. The Morgan fingerprint density at radius 1 is 1.24 bits per heavy atom. The first kappa shape index (κ1) is 14.7. The van der Waals surface area contributed by atoms with Crippen LogP contribution in [0.15, 0.2) is 47.2 Å². The Balaban J connectivity index is 1.52. The van der Waals surface area contributed by atoms with Crippen LogP contribution in [-0.2, 0) is 7.05 Å². The van der Waals surface area contributed by atoms with Crippen LogP contribution in [0.25, 0.3) is 10.8 Å². The maximum atomic E-state index is 13.0. The minimum atomic E-state index is -0.0980. The number of hydrogen-bond acceptors (Lipinski definition) is 5. The summed E-state index contributed by atoms with van der Waals surface area (Å²) in [6, 6.07) is 7.14. The van der Waals surface area contributed by atoms with Crippen LogP contribution in [0.5, 0.6) is 0 Å². The van der Waals surface area contributed by atoms with Gasteiger partial charge in [-0.05, 0) is 49.1 Å². The Morgan fingerprint density at radius 2 is 2.08 bits per heavy atom. The van der Waals surface area contributed by atoms with Crippen molar-refractivity contribution in [1.82, 2.24) is 20.5 Å². The van der Waals surface area contributed by atoms with E-state index >= 15 is 0 Å². The molecule has 0 atom stereocenters. The molecule has 1 aliphatic heterocycles. The molecule has 0 unspecified atom stereocenters. The highest BCUT2D eigenvalue weighted by atomic mass is 16.1. The molecule has 2 bridgehead atoms. The first-order valence-corrected chi connectivity index (χ1v) is 8.73. The van der Waals surface area contributed by atoms with Crippen LogP contribution in [-0.4, -0.2) is 20.9 Å². The summed E-state index contributed by atoms with van der Waals surface area (Å²) in [5, 5.41) is 3.34. The van der Waals surface area contributed by atoms with E-state index in [1.807, 2.05) is 12.3 Å². The van der Waals surface area contributed by atoms with Gasteiger partial charge in [0.15, 0.2) is 0 Å². The maximum absolute atomic E-state index is 13.0. The van der Waals surface area contributed by atoms with Gasteiger partial charge < -0.3 is 4.57 Å². The third kappa shape index (κ3) is 2.00. The summed E-state index contributed by atoms with van der Waals surface area (Å²) >= 11 is 0. The molecule has 0 saturated heterocycles. The number of hydrazine groups is 2. The molecule has 2 aromatic rings. The lowest BCUT2D eigenvalue weighted by atomic mass is 9.77. The number of aryl methyl sites for hydroxylation is 1. The average molecular weight is 336 g/mol. The van der Waals surface area contributed by atoms with Crippen molar-refractivity contribution in [3.63, 3.8) is 0 Å². The van der Waals surface area contributed by atoms with Crippen molar-refractivity contribution in [2.45, 2.75) is 31.2 Å². The number of Topliss-reactive ketones (excluding diaryl/α,β-unsaturated/α-hetero) is 1. The number of hydrogen-bond donors (Lipinski definition) is 2. The van der Waals surface area contributed by atoms with Crippen LogP contribution in [0.3, 0.4) is 0 Å². The zero-order valence-electron chi connectivity index (χ0n) is 14.1. The van der Waals surface area contributed by atoms with E-state index in [1.54, 1.807) is 31.4 Å². The van der Waals surface area contributed by atoms with Gasteiger partial charge >= 0.3 is 0 Å². The van der Waals surface area contributed by atoms with Gasteiger partial charge in [-0.25, -0.2) is 0 Å². The maximum Gasteiger partial charge on any atom is 0.258 e. The molecule has 2 heterocycles. The van der Waals surface area contributed by atoms with Gasteiger partial charge in [0.25, 0.3) is 5.56 Å². The standard InChI is InChI=1S/C19H20N4O2/c1-22-8-6-13-14(3-2-4-15(13)18(22)25)17(24)16-11-23(21-20-16)19-7-5-12(9-19)10-19/h2-4,6,8,11-12,20-21H,5,7,9-10H2,1H3. The minimum Gasteiger partial charge on any atom is -0.318 e. The van der Waals surface area contributed by atoms with Crippen molar-refractivity contribution >= 4 is 16.6 Å². The van der Waals surface area contributed by atoms with Gasteiger partial charge in [0.05, 0.1) is 5.54 Å². The van der Waals surface area contributed by atoms with E-state index in [1.165, 1.54) is 30.3 Å². The zero-order chi connectivity index (χ0) is 17.2.